The zero-order valence-electron chi connectivity index (χ0n) is 12.3. The summed E-state index contributed by atoms with van der Waals surface area (Å²) >= 11 is 0. The highest BCUT2D eigenvalue weighted by Crippen LogP contribution is 2.28. The summed E-state index contributed by atoms with van der Waals surface area (Å²) in [6.45, 7) is 5.84. The number of benzene rings is 1. The standard InChI is InChI=1S/C15H23NO4/c1-11(2)7-9-20-10-8-16-15(18)12-5-4-6-13(19-3)14(12)17/h4-6,11,17H,7-10H2,1-3H3,(H,16,18). The molecule has 1 amide bonds. The molecule has 0 unspecified atom stereocenters. The number of rotatable bonds is 8. The third-order valence-electron chi connectivity index (χ3n) is 2.84. The molecule has 0 saturated carbocycles. The fraction of sp³-hybridized carbons (Fsp3) is 0.533. The Balaban J connectivity index is 2.36. The number of aromatic hydroxyl groups is 1. The van der Waals surface area contributed by atoms with Crippen molar-refractivity contribution in [3.8, 4) is 11.5 Å². The van der Waals surface area contributed by atoms with Gasteiger partial charge in [-0.1, -0.05) is 19.9 Å². The van der Waals surface area contributed by atoms with Crippen molar-refractivity contribution in [2.75, 3.05) is 26.9 Å². The molecule has 5 heteroatoms. The second-order valence-electron chi connectivity index (χ2n) is 4.91. The van der Waals surface area contributed by atoms with Crippen LogP contribution < -0.4 is 10.1 Å². The molecule has 0 aromatic heterocycles. The van der Waals surface area contributed by atoms with Crippen LogP contribution in [0.15, 0.2) is 18.2 Å². The van der Waals surface area contributed by atoms with Crippen LogP contribution in [0.3, 0.4) is 0 Å². The highest BCUT2D eigenvalue weighted by molar-refractivity contribution is 5.97. The Morgan fingerprint density at radius 3 is 2.75 bits per heavy atom. The molecule has 0 aliphatic carbocycles. The topological polar surface area (TPSA) is 67.8 Å². The van der Waals surface area contributed by atoms with E-state index in [9.17, 15) is 9.90 Å². The quantitative estimate of drug-likeness (QED) is 0.717. The summed E-state index contributed by atoms with van der Waals surface area (Å²) in [5, 5.41) is 12.5. The minimum Gasteiger partial charge on any atom is -0.504 e. The van der Waals surface area contributed by atoms with E-state index in [1.54, 1.807) is 18.2 Å². The molecule has 1 aromatic rings. The van der Waals surface area contributed by atoms with Gasteiger partial charge in [0.2, 0.25) is 0 Å². The van der Waals surface area contributed by atoms with E-state index in [0.717, 1.165) is 6.42 Å². The molecule has 0 saturated heterocycles. The maximum absolute atomic E-state index is 11.9. The molecular formula is C15H23NO4. The predicted molar refractivity (Wildman–Crippen MR) is 77.3 cm³/mol. The molecule has 0 atom stereocenters. The molecule has 112 valence electrons. The molecule has 0 heterocycles. The van der Waals surface area contributed by atoms with E-state index in [0.29, 0.717) is 25.7 Å². The van der Waals surface area contributed by atoms with Crippen molar-refractivity contribution in [2.45, 2.75) is 20.3 Å². The van der Waals surface area contributed by atoms with Gasteiger partial charge < -0.3 is 19.9 Å². The highest BCUT2D eigenvalue weighted by Gasteiger charge is 2.13. The van der Waals surface area contributed by atoms with Gasteiger partial charge in [-0.3, -0.25) is 4.79 Å². The van der Waals surface area contributed by atoms with Crippen LogP contribution in [0.5, 0.6) is 11.5 Å². The van der Waals surface area contributed by atoms with Gasteiger partial charge in [0.25, 0.3) is 5.91 Å². The van der Waals surface area contributed by atoms with Gasteiger partial charge >= 0.3 is 0 Å². The van der Waals surface area contributed by atoms with Gasteiger partial charge in [-0.05, 0) is 24.5 Å². The van der Waals surface area contributed by atoms with Gasteiger partial charge in [0.1, 0.15) is 0 Å². The molecule has 20 heavy (non-hydrogen) atoms. The number of carbonyl (C=O) groups excluding carboxylic acids is 1. The molecule has 0 fully saturated rings. The molecule has 1 aromatic carbocycles. The number of nitrogens with one attached hydrogen (secondary N) is 1. The van der Waals surface area contributed by atoms with E-state index in [1.807, 2.05) is 0 Å². The summed E-state index contributed by atoms with van der Waals surface area (Å²) in [5.74, 6) is 0.409. The molecule has 2 N–H and O–H groups in total. The molecule has 1 rings (SSSR count). The lowest BCUT2D eigenvalue weighted by molar-refractivity contribution is 0.0903. The summed E-state index contributed by atoms with van der Waals surface area (Å²) in [6, 6.07) is 4.81. The maximum Gasteiger partial charge on any atom is 0.255 e. The lowest BCUT2D eigenvalue weighted by Gasteiger charge is -2.10. The van der Waals surface area contributed by atoms with Crippen molar-refractivity contribution in [2.24, 2.45) is 5.92 Å². The van der Waals surface area contributed by atoms with E-state index < -0.39 is 0 Å². The van der Waals surface area contributed by atoms with Gasteiger partial charge in [-0.2, -0.15) is 0 Å². The number of ether oxygens (including phenoxy) is 2. The Hall–Kier alpha value is -1.75. The number of amides is 1. The van der Waals surface area contributed by atoms with Crippen LogP contribution in [0.1, 0.15) is 30.6 Å². The van der Waals surface area contributed by atoms with Crippen LogP contribution in [0.2, 0.25) is 0 Å². The summed E-state index contributed by atoms with van der Waals surface area (Å²) in [7, 11) is 1.44. The van der Waals surface area contributed by atoms with E-state index in [4.69, 9.17) is 9.47 Å². The Morgan fingerprint density at radius 2 is 2.10 bits per heavy atom. The minimum atomic E-state index is -0.339. The zero-order chi connectivity index (χ0) is 15.0. The monoisotopic (exact) mass is 281 g/mol. The van der Waals surface area contributed by atoms with Crippen molar-refractivity contribution in [3.05, 3.63) is 23.8 Å². The van der Waals surface area contributed by atoms with Crippen LogP contribution in [-0.4, -0.2) is 37.9 Å². The summed E-state index contributed by atoms with van der Waals surface area (Å²) in [6.07, 6.45) is 1.00. The Kier molecular flexibility index (Phi) is 6.87. The van der Waals surface area contributed by atoms with Crippen LogP contribution >= 0.6 is 0 Å². The fourth-order valence-corrected chi connectivity index (χ4v) is 1.62. The third-order valence-corrected chi connectivity index (χ3v) is 2.84. The first-order chi connectivity index (χ1) is 9.56. The van der Waals surface area contributed by atoms with Gasteiger partial charge in [0.05, 0.1) is 19.3 Å². The predicted octanol–water partition coefficient (Wildman–Crippen LogP) is 2.19. The summed E-state index contributed by atoms with van der Waals surface area (Å²) in [5.41, 5.74) is 0.200. The van der Waals surface area contributed by atoms with Crippen LogP contribution in [0, 0.1) is 5.92 Å². The number of para-hydroxylation sites is 1. The number of hydrogen-bond acceptors (Lipinski definition) is 4. The molecular weight excluding hydrogens is 258 g/mol. The molecule has 0 spiro atoms. The van der Waals surface area contributed by atoms with Gasteiger partial charge in [-0.25, -0.2) is 0 Å². The molecule has 0 radical (unpaired) electrons. The van der Waals surface area contributed by atoms with E-state index >= 15 is 0 Å². The SMILES string of the molecule is COc1cccc(C(=O)NCCOCCC(C)C)c1O. The molecule has 0 aliphatic heterocycles. The van der Waals surface area contributed by atoms with Crippen LogP contribution in [-0.2, 0) is 4.74 Å². The third kappa shape index (κ3) is 5.09. The van der Waals surface area contributed by atoms with Crippen molar-refractivity contribution >= 4 is 5.91 Å². The first-order valence-corrected chi connectivity index (χ1v) is 6.78. The van der Waals surface area contributed by atoms with Crippen molar-refractivity contribution < 1.29 is 19.4 Å². The second-order valence-corrected chi connectivity index (χ2v) is 4.91. The van der Waals surface area contributed by atoms with Crippen LogP contribution in [0.25, 0.3) is 0 Å². The molecule has 0 aliphatic rings. The summed E-state index contributed by atoms with van der Waals surface area (Å²) in [4.78, 5) is 11.9. The smallest absolute Gasteiger partial charge is 0.255 e. The van der Waals surface area contributed by atoms with Crippen molar-refractivity contribution in [1.82, 2.24) is 5.32 Å². The normalized spacial score (nSPS) is 10.6. The second kappa shape index (κ2) is 8.43. The number of phenols is 1. The largest absolute Gasteiger partial charge is 0.504 e. The van der Waals surface area contributed by atoms with Crippen molar-refractivity contribution in [1.29, 1.82) is 0 Å². The van der Waals surface area contributed by atoms with E-state index in [1.165, 1.54) is 7.11 Å². The lowest BCUT2D eigenvalue weighted by atomic mass is 10.1. The lowest BCUT2D eigenvalue weighted by Crippen LogP contribution is -2.27. The van der Waals surface area contributed by atoms with Gasteiger partial charge in [0.15, 0.2) is 11.5 Å². The molecule has 0 bridgehead atoms. The average Bonchev–Trinajstić information content (AvgIpc) is 2.42. The summed E-state index contributed by atoms with van der Waals surface area (Å²) < 4.78 is 10.4. The van der Waals surface area contributed by atoms with Crippen LogP contribution in [0.4, 0.5) is 0 Å². The Bertz CT molecular complexity index is 432. The first kappa shape index (κ1) is 16.3. The zero-order valence-corrected chi connectivity index (χ0v) is 12.3. The highest BCUT2D eigenvalue weighted by atomic mass is 16.5. The van der Waals surface area contributed by atoms with E-state index in [-0.39, 0.29) is 23.0 Å². The van der Waals surface area contributed by atoms with E-state index in [2.05, 4.69) is 19.2 Å². The number of methoxy groups -OCH3 is 1. The average molecular weight is 281 g/mol. The number of carbonyl (C=O) groups is 1. The minimum absolute atomic E-state index is 0.145. The Morgan fingerprint density at radius 1 is 1.35 bits per heavy atom. The maximum atomic E-state index is 11.9. The van der Waals surface area contributed by atoms with Crippen molar-refractivity contribution in [3.63, 3.8) is 0 Å². The Labute approximate surface area is 119 Å². The van der Waals surface area contributed by atoms with Gasteiger partial charge in [-0.15, -0.1) is 0 Å². The number of phenolic OH excluding ortho intramolecular Hbond substituents is 1. The fourth-order valence-electron chi connectivity index (χ4n) is 1.62. The van der Waals surface area contributed by atoms with Gasteiger partial charge in [0, 0.05) is 13.2 Å². The number of hydrogen-bond donors (Lipinski definition) is 2. The molecule has 5 nitrogen and oxygen atoms in total. The first-order valence-electron chi connectivity index (χ1n) is 6.78.